The maximum absolute atomic E-state index is 12.3. The molecule has 3 rings (SSSR count). The summed E-state index contributed by atoms with van der Waals surface area (Å²) in [6, 6.07) is 14.5. The molecule has 0 saturated heterocycles. The van der Waals surface area contributed by atoms with Crippen LogP contribution in [-0.4, -0.2) is 16.0 Å². The number of amides is 1. The largest absolute Gasteiger partial charge is 0.348 e. The van der Waals surface area contributed by atoms with Crippen LogP contribution in [0.4, 0.5) is 0 Å². The molecule has 0 spiro atoms. The maximum Gasteiger partial charge on any atom is 0.251 e. The van der Waals surface area contributed by atoms with Crippen LogP contribution in [-0.2, 0) is 6.54 Å². The van der Waals surface area contributed by atoms with Gasteiger partial charge in [0.25, 0.3) is 5.91 Å². The SMILES string of the molecule is Cc1nc(-c2cccc(C(=O)NCc3ccccc3Cl)c2)no1. The first kappa shape index (κ1) is 15.2. The number of halogens is 1. The molecule has 0 aliphatic rings. The summed E-state index contributed by atoms with van der Waals surface area (Å²) in [4.78, 5) is 16.5. The lowest BCUT2D eigenvalue weighted by Crippen LogP contribution is -2.22. The zero-order valence-electron chi connectivity index (χ0n) is 12.4. The molecule has 0 radical (unpaired) electrons. The van der Waals surface area contributed by atoms with E-state index >= 15 is 0 Å². The fraction of sp³-hybridized carbons (Fsp3) is 0.118. The Kier molecular flexibility index (Phi) is 4.39. The van der Waals surface area contributed by atoms with E-state index < -0.39 is 0 Å². The predicted molar refractivity (Wildman–Crippen MR) is 87.1 cm³/mol. The van der Waals surface area contributed by atoms with Crippen molar-refractivity contribution in [2.75, 3.05) is 0 Å². The van der Waals surface area contributed by atoms with Crippen LogP contribution in [0.25, 0.3) is 11.4 Å². The number of carbonyl (C=O) groups excluding carboxylic acids is 1. The van der Waals surface area contributed by atoms with Gasteiger partial charge >= 0.3 is 0 Å². The molecule has 0 atom stereocenters. The van der Waals surface area contributed by atoms with Crippen molar-refractivity contribution in [2.45, 2.75) is 13.5 Å². The summed E-state index contributed by atoms with van der Waals surface area (Å²) in [5.41, 5.74) is 2.12. The lowest BCUT2D eigenvalue weighted by molar-refractivity contribution is 0.0951. The standard InChI is InChI=1S/C17H14ClN3O2/c1-11-20-16(21-23-11)12-6-4-7-13(9-12)17(22)19-10-14-5-2-3-8-15(14)18/h2-9H,10H2,1H3,(H,19,22). The van der Waals surface area contributed by atoms with Crippen molar-refractivity contribution < 1.29 is 9.32 Å². The predicted octanol–water partition coefficient (Wildman–Crippen LogP) is 3.63. The third-order valence-electron chi connectivity index (χ3n) is 3.31. The highest BCUT2D eigenvalue weighted by Crippen LogP contribution is 2.18. The quantitative estimate of drug-likeness (QED) is 0.794. The van der Waals surface area contributed by atoms with Gasteiger partial charge in [-0.1, -0.05) is 47.1 Å². The van der Waals surface area contributed by atoms with Crippen molar-refractivity contribution in [3.05, 3.63) is 70.6 Å². The number of hydrogen-bond acceptors (Lipinski definition) is 4. The average Bonchev–Trinajstić information content (AvgIpc) is 3.00. The van der Waals surface area contributed by atoms with Gasteiger partial charge in [0.1, 0.15) is 0 Å². The van der Waals surface area contributed by atoms with Crippen LogP contribution in [0.2, 0.25) is 5.02 Å². The molecule has 0 aliphatic carbocycles. The molecule has 1 amide bonds. The number of aryl methyl sites for hydroxylation is 1. The molecule has 116 valence electrons. The van der Waals surface area contributed by atoms with Crippen molar-refractivity contribution in [1.29, 1.82) is 0 Å². The van der Waals surface area contributed by atoms with Crippen LogP contribution in [0.1, 0.15) is 21.8 Å². The van der Waals surface area contributed by atoms with Crippen molar-refractivity contribution in [2.24, 2.45) is 0 Å². The first-order valence-electron chi connectivity index (χ1n) is 7.06. The minimum atomic E-state index is -0.188. The average molecular weight is 328 g/mol. The van der Waals surface area contributed by atoms with Gasteiger partial charge in [0.2, 0.25) is 11.7 Å². The van der Waals surface area contributed by atoms with Crippen molar-refractivity contribution in [3.63, 3.8) is 0 Å². The van der Waals surface area contributed by atoms with E-state index in [2.05, 4.69) is 15.5 Å². The van der Waals surface area contributed by atoms with E-state index in [1.807, 2.05) is 24.3 Å². The highest BCUT2D eigenvalue weighted by molar-refractivity contribution is 6.31. The number of nitrogens with zero attached hydrogens (tertiary/aromatic N) is 2. The third-order valence-corrected chi connectivity index (χ3v) is 3.68. The first-order chi connectivity index (χ1) is 11.1. The Morgan fingerprint density at radius 1 is 1.22 bits per heavy atom. The second kappa shape index (κ2) is 6.62. The Morgan fingerprint density at radius 2 is 2.04 bits per heavy atom. The topological polar surface area (TPSA) is 68.0 Å². The van der Waals surface area contributed by atoms with Crippen molar-refractivity contribution in [1.82, 2.24) is 15.5 Å². The Hall–Kier alpha value is -2.66. The zero-order valence-corrected chi connectivity index (χ0v) is 13.2. The van der Waals surface area contributed by atoms with E-state index in [1.165, 1.54) is 0 Å². The molecule has 0 fully saturated rings. The summed E-state index contributed by atoms with van der Waals surface area (Å²) in [5.74, 6) is 0.754. The van der Waals surface area contributed by atoms with Gasteiger partial charge < -0.3 is 9.84 Å². The van der Waals surface area contributed by atoms with E-state index in [9.17, 15) is 4.79 Å². The van der Waals surface area contributed by atoms with Crippen LogP contribution in [0.15, 0.2) is 53.1 Å². The Bertz CT molecular complexity index is 845. The van der Waals surface area contributed by atoms with Crippen LogP contribution in [0.3, 0.4) is 0 Å². The lowest BCUT2D eigenvalue weighted by atomic mass is 10.1. The third kappa shape index (κ3) is 3.57. The molecule has 6 heteroatoms. The second-order valence-electron chi connectivity index (χ2n) is 4.99. The fourth-order valence-electron chi connectivity index (χ4n) is 2.14. The van der Waals surface area contributed by atoms with Gasteiger partial charge in [0, 0.05) is 29.6 Å². The van der Waals surface area contributed by atoms with Crippen LogP contribution >= 0.6 is 11.6 Å². The molecule has 0 saturated carbocycles. The van der Waals surface area contributed by atoms with E-state index in [0.29, 0.717) is 28.8 Å². The molecular weight excluding hydrogens is 314 g/mol. The summed E-state index contributed by atoms with van der Waals surface area (Å²) in [5, 5.41) is 7.34. The zero-order chi connectivity index (χ0) is 16.2. The van der Waals surface area contributed by atoms with Crippen molar-refractivity contribution in [3.8, 4) is 11.4 Å². The van der Waals surface area contributed by atoms with Gasteiger partial charge in [-0.05, 0) is 23.8 Å². The van der Waals surface area contributed by atoms with Gasteiger partial charge in [-0.3, -0.25) is 4.79 Å². The normalized spacial score (nSPS) is 10.5. The lowest BCUT2D eigenvalue weighted by Gasteiger charge is -2.07. The van der Waals surface area contributed by atoms with E-state index in [-0.39, 0.29) is 5.91 Å². The highest BCUT2D eigenvalue weighted by Gasteiger charge is 2.10. The van der Waals surface area contributed by atoms with Gasteiger partial charge in [-0.2, -0.15) is 4.98 Å². The molecule has 3 aromatic rings. The number of carbonyl (C=O) groups is 1. The number of aromatic nitrogens is 2. The molecule has 0 bridgehead atoms. The Morgan fingerprint density at radius 3 is 2.78 bits per heavy atom. The van der Waals surface area contributed by atoms with Crippen LogP contribution < -0.4 is 5.32 Å². The van der Waals surface area contributed by atoms with Gasteiger partial charge in [-0.25, -0.2) is 0 Å². The minimum Gasteiger partial charge on any atom is -0.348 e. The number of hydrogen-bond donors (Lipinski definition) is 1. The van der Waals surface area contributed by atoms with E-state index in [0.717, 1.165) is 11.1 Å². The van der Waals surface area contributed by atoms with E-state index in [4.69, 9.17) is 16.1 Å². The Labute approximate surface area is 138 Å². The summed E-state index contributed by atoms with van der Waals surface area (Å²) < 4.78 is 4.96. The molecule has 2 aromatic carbocycles. The number of benzene rings is 2. The minimum absolute atomic E-state index is 0.188. The molecular formula is C17H14ClN3O2. The smallest absolute Gasteiger partial charge is 0.251 e. The number of nitrogens with one attached hydrogen (secondary N) is 1. The van der Waals surface area contributed by atoms with Crippen LogP contribution in [0, 0.1) is 6.92 Å². The summed E-state index contributed by atoms with van der Waals surface area (Å²) >= 11 is 6.08. The highest BCUT2D eigenvalue weighted by atomic mass is 35.5. The summed E-state index contributed by atoms with van der Waals surface area (Å²) in [7, 11) is 0. The molecule has 1 aromatic heterocycles. The first-order valence-corrected chi connectivity index (χ1v) is 7.43. The number of rotatable bonds is 4. The summed E-state index contributed by atoms with van der Waals surface area (Å²) in [6.45, 7) is 2.08. The molecule has 0 unspecified atom stereocenters. The van der Waals surface area contributed by atoms with Gasteiger partial charge in [0.05, 0.1) is 0 Å². The van der Waals surface area contributed by atoms with Crippen molar-refractivity contribution >= 4 is 17.5 Å². The van der Waals surface area contributed by atoms with Crippen LogP contribution in [0.5, 0.6) is 0 Å². The molecule has 5 nitrogen and oxygen atoms in total. The molecule has 23 heavy (non-hydrogen) atoms. The van der Waals surface area contributed by atoms with Gasteiger partial charge in [0.15, 0.2) is 0 Å². The Balaban J connectivity index is 1.74. The molecule has 1 N–H and O–H groups in total. The molecule has 1 heterocycles. The monoisotopic (exact) mass is 327 g/mol. The fourth-order valence-corrected chi connectivity index (χ4v) is 2.34. The second-order valence-corrected chi connectivity index (χ2v) is 5.40. The summed E-state index contributed by atoms with van der Waals surface area (Å²) in [6.07, 6.45) is 0. The molecule has 0 aliphatic heterocycles. The van der Waals surface area contributed by atoms with Gasteiger partial charge in [-0.15, -0.1) is 0 Å². The van der Waals surface area contributed by atoms with E-state index in [1.54, 1.807) is 31.2 Å². The maximum atomic E-state index is 12.3.